The van der Waals surface area contributed by atoms with Crippen LogP contribution in [0, 0.1) is 12.1 Å². The largest absolute Gasteiger partial charge is 3.00 e. The summed E-state index contributed by atoms with van der Waals surface area (Å²) in [6, 6.07) is 42.8. The number of fused-ring (bicyclic) bond motifs is 4. The Labute approximate surface area is 354 Å². The second-order valence-electron chi connectivity index (χ2n) is 19.7. The van der Waals surface area contributed by atoms with Crippen LogP contribution in [0.1, 0.15) is 105 Å². The quantitative estimate of drug-likeness (QED) is 0.130. The zero-order valence-corrected chi connectivity index (χ0v) is 37.6. The minimum Gasteiger partial charge on any atom is -0.656 e. The maximum absolute atomic E-state index is 6.26. The molecule has 8 rings (SSSR count). The average molecular weight is 931 g/mol. The van der Waals surface area contributed by atoms with E-state index >= 15 is 0 Å². The monoisotopic (exact) mass is 930 g/mol. The molecule has 0 aliphatic heterocycles. The molecule has 0 saturated carbocycles. The molecule has 0 saturated heterocycles. The van der Waals surface area contributed by atoms with Crippen molar-refractivity contribution >= 4 is 32.8 Å². The number of aromatic nitrogens is 2. The van der Waals surface area contributed by atoms with Crippen molar-refractivity contribution in [3.05, 3.63) is 138 Å². The number of hydrogen-bond donors (Lipinski definition) is 0. The van der Waals surface area contributed by atoms with Gasteiger partial charge in [0.1, 0.15) is 5.69 Å². The standard InChI is InChI=1S/C53H53N2O.Au/c1-50(2,3)38-17-13-32(14-18-38)35-25-36(33-15-19-39(20-16-33)51(4,5)6)27-37(26-35)46-28-34-23-24-56-49(34)48(55-46)44-31-41(53(10,11)12)30-43-42-29-40(52(7,8)9)21-22-45(42)54-47(43)44;/h13-15,17-26,28-31H,1-12H3;/q-3;+3. The predicted molar refractivity (Wildman–Crippen MR) is 237 cm³/mol. The summed E-state index contributed by atoms with van der Waals surface area (Å²) in [5.41, 5.74) is 15.5. The van der Waals surface area contributed by atoms with Gasteiger partial charge in [-0.15, -0.1) is 34.3 Å². The molecule has 0 unspecified atom stereocenters. The summed E-state index contributed by atoms with van der Waals surface area (Å²) >= 11 is 0. The van der Waals surface area contributed by atoms with Gasteiger partial charge in [0, 0.05) is 11.1 Å². The summed E-state index contributed by atoms with van der Waals surface area (Å²) in [5.74, 6) is 0. The summed E-state index contributed by atoms with van der Waals surface area (Å²) in [7, 11) is 0. The molecule has 4 heteroatoms. The zero-order chi connectivity index (χ0) is 39.9. The van der Waals surface area contributed by atoms with Crippen LogP contribution in [-0.2, 0) is 44.0 Å². The van der Waals surface area contributed by atoms with Gasteiger partial charge in [0.05, 0.1) is 6.26 Å². The van der Waals surface area contributed by atoms with E-state index in [0.717, 1.165) is 72.2 Å². The first kappa shape index (κ1) is 40.5. The predicted octanol–water partition coefficient (Wildman–Crippen LogP) is 14.5. The molecule has 8 aromatic rings. The Morgan fingerprint density at radius 3 is 1.79 bits per heavy atom. The average Bonchev–Trinajstić information content (AvgIpc) is 3.77. The molecule has 5 aromatic carbocycles. The first-order valence-corrected chi connectivity index (χ1v) is 19.9. The van der Waals surface area contributed by atoms with Crippen molar-refractivity contribution in [2.75, 3.05) is 0 Å². The second kappa shape index (κ2) is 14.3. The zero-order valence-electron chi connectivity index (χ0n) is 35.4. The summed E-state index contributed by atoms with van der Waals surface area (Å²) < 4.78 is 6.26. The Balaban J connectivity index is 0.00000496. The van der Waals surface area contributed by atoms with E-state index in [2.05, 4.69) is 186 Å². The van der Waals surface area contributed by atoms with Gasteiger partial charge in [-0.25, -0.2) is 5.56 Å². The van der Waals surface area contributed by atoms with Crippen molar-refractivity contribution in [3.63, 3.8) is 0 Å². The van der Waals surface area contributed by atoms with E-state index < -0.39 is 0 Å². The van der Waals surface area contributed by atoms with Gasteiger partial charge in [0.2, 0.25) is 0 Å². The van der Waals surface area contributed by atoms with Gasteiger partial charge in [0.15, 0.2) is 5.58 Å². The minimum absolute atomic E-state index is 0. The summed E-state index contributed by atoms with van der Waals surface area (Å²) in [4.78, 5) is 10.8. The Hall–Kier alpha value is -4.67. The SMILES string of the molecule is CC(C)(C)c1c[c-]c(-c2[c-]c(-c3cc4ccoc4c(-c4cc(C(C)(C)C)cc5c4[n-]c4ccc(C(C)(C)C)cc45)n3)cc(-c3ccc(C(C)(C)C)cc3)c2)cc1.[Au+3]. The van der Waals surface area contributed by atoms with E-state index in [1.165, 1.54) is 27.6 Å². The molecule has 292 valence electrons. The van der Waals surface area contributed by atoms with E-state index in [4.69, 9.17) is 14.4 Å². The topological polar surface area (TPSA) is 40.1 Å². The van der Waals surface area contributed by atoms with E-state index in [-0.39, 0.29) is 44.0 Å². The van der Waals surface area contributed by atoms with Gasteiger partial charge in [-0.1, -0.05) is 149 Å². The molecule has 57 heavy (non-hydrogen) atoms. The molecular formula is C53H53AuN2O. The van der Waals surface area contributed by atoms with E-state index in [0.29, 0.717) is 0 Å². The molecule has 0 aliphatic rings. The van der Waals surface area contributed by atoms with Crippen LogP contribution in [0.25, 0.3) is 77.5 Å². The van der Waals surface area contributed by atoms with Gasteiger partial charge in [-0.3, -0.25) is 4.98 Å². The van der Waals surface area contributed by atoms with Crippen LogP contribution in [-0.4, -0.2) is 4.98 Å². The van der Waals surface area contributed by atoms with Crippen LogP contribution in [0.4, 0.5) is 0 Å². The van der Waals surface area contributed by atoms with Gasteiger partial charge in [-0.2, -0.15) is 35.9 Å². The van der Waals surface area contributed by atoms with Crippen molar-refractivity contribution in [2.24, 2.45) is 0 Å². The number of pyridine rings is 1. The van der Waals surface area contributed by atoms with Crippen molar-refractivity contribution < 1.29 is 26.8 Å². The van der Waals surface area contributed by atoms with Crippen LogP contribution < -0.4 is 4.98 Å². The fourth-order valence-electron chi connectivity index (χ4n) is 7.55. The number of hydrogen-bond acceptors (Lipinski definition) is 2. The molecule has 0 radical (unpaired) electrons. The molecule has 3 nitrogen and oxygen atoms in total. The van der Waals surface area contributed by atoms with E-state index in [9.17, 15) is 0 Å². The molecule has 0 N–H and O–H groups in total. The number of rotatable bonds is 4. The maximum atomic E-state index is 6.26. The molecule has 0 bridgehead atoms. The maximum Gasteiger partial charge on any atom is 3.00 e. The van der Waals surface area contributed by atoms with Crippen molar-refractivity contribution in [3.8, 4) is 44.8 Å². The Kier molecular flexibility index (Phi) is 10.2. The third kappa shape index (κ3) is 7.83. The Morgan fingerprint density at radius 2 is 1.16 bits per heavy atom. The molecule has 0 spiro atoms. The number of benzene rings is 5. The Bertz CT molecular complexity index is 2680. The van der Waals surface area contributed by atoms with Crippen molar-refractivity contribution in [1.29, 1.82) is 0 Å². The first-order valence-electron chi connectivity index (χ1n) is 19.9. The van der Waals surface area contributed by atoms with E-state index in [1.807, 2.05) is 6.07 Å². The normalized spacial score (nSPS) is 12.8. The summed E-state index contributed by atoms with van der Waals surface area (Å²) in [5, 5.41) is 3.30. The molecule has 3 heterocycles. The van der Waals surface area contributed by atoms with Crippen LogP contribution in [0.5, 0.6) is 0 Å². The molecule has 0 aliphatic carbocycles. The van der Waals surface area contributed by atoms with Crippen LogP contribution in [0.3, 0.4) is 0 Å². The fraction of sp³-hybridized carbons (Fsp3) is 0.302. The van der Waals surface area contributed by atoms with Gasteiger partial charge in [-0.05, 0) is 66.3 Å². The van der Waals surface area contributed by atoms with Crippen molar-refractivity contribution in [2.45, 2.75) is 105 Å². The Morgan fingerprint density at radius 1 is 0.544 bits per heavy atom. The smallest absolute Gasteiger partial charge is 0.656 e. The summed E-state index contributed by atoms with van der Waals surface area (Å²) in [6.45, 7) is 27.1. The van der Waals surface area contributed by atoms with Crippen LogP contribution in [0.2, 0.25) is 0 Å². The van der Waals surface area contributed by atoms with Crippen molar-refractivity contribution in [1.82, 2.24) is 9.97 Å². The molecule has 3 aromatic heterocycles. The number of nitrogens with zero attached hydrogens (tertiary/aromatic N) is 2. The fourth-order valence-corrected chi connectivity index (χ4v) is 7.55. The minimum atomic E-state index is -0.105. The van der Waals surface area contributed by atoms with Gasteiger partial charge >= 0.3 is 22.4 Å². The van der Waals surface area contributed by atoms with Crippen LogP contribution >= 0.6 is 0 Å². The first-order chi connectivity index (χ1) is 26.2. The third-order valence-electron chi connectivity index (χ3n) is 11.2. The number of furan rings is 1. The van der Waals surface area contributed by atoms with Gasteiger partial charge < -0.3 is 9.40 Å². The summed E-state index contributed by atoms with van der Waals surface area (Å²) in [6.07, 6.45) is 1.77. The second-order valence-corrected chi connectivity index (χ2v) is 19.7. The van der Waals surface area contributed by atoms with Gasteiger partial charge in [0.25, 0.3) is 0 Å². The molecular weight excluding hydrogens is 878 g/mol. The molecule has 0 atom stereocenters. The molecule has 0 amide bonds. The van der Waals surface area contributed by atoms with E-state index in [1.54, 1.807) is 6.26 Å². The molecule has 0 fully saturated rings. The third-order valence-corrected chi connectivity index (χ3v) is 11.2. The van der Waals surface area contributed by atoms with Crippen LogP contribution in [0.15, 0.2) is 108 Å².